The van der Waals surface area contributed by atoms with Gasteiger partial charge in [-0.05, 0) is 103 Å². The highest BCUT2D eigenvalue weighted by Crippen LogP contribution is 2.64. The lowest BCUT2D eigenvalue weighted by Gasteiger charge is -2.67. The number of ether oxygens (including phenoxy) is 6. The number of aliphatic hydroxyl groups excluding tert-OH is 2. The number of primary sulfonamides is 1. The molecular weight excluding hydrogens is 1190 g/mol. The number of fused-ring (bicyclic) bond motifs is 5. The average Bonchev–Trinajstić information content (AvgIpc) is 1.38. The second kappa shape index (κ2) is 25.1. The van der Waals surface area contributed by atoms with Crippen LogP contribution in [0.4, 0.5) is 13.2 Å². The van der Waals surface area contributed by atoms with Crippen molar-refractivity contribution in [2.75, 3.05) is 13.7 Å². The number of esters is 4. The maximum absolute atomic E-state index is 15.5. The maximum atomic E-state index is 15.5. The lowest BCUT2D eigenvalue weighted by molar-refractivity contribution is -0.346. The van der Waals surface area contributed by atoms with Gasteiger partial charge in [0.1, 0.15) is 29.6 Å². The van der Waals surface area contributed by atoms with Crippen LogP contribution in [0.25, 0.3) is 16.9 Å². The number of amides is 1. The Bertz CT molecular complexity index is 3840. The van der Waals surface area contributed by atoms with Crippen molar-refractivity contribution in [3.63, 3.8) is 0 Å². The molecule has 6 N–H and O–H groups in total. The SMILES string of the molecule is CC(=O)O[C@H]1C(=O)[C@@]2(C)[C@H]([C@H](OC(=O)c3ccccc3)[C@]3(O)C[C@H](OC(=O)[C@H](O)[C@@H](NC(=O)c4ccccc4)c4ccccc4)C(C)=C1C3(C)C)[C@]1(OC(C)=O)CO[C@@H]1C[C@@H]2O.COc1ccc(-c2cc(C(F)F)nn2-c2ccc(S(N)(=O)=O)cc2)cc1F. The molecule has 3 fully saturated rings. The quantitative estimate of drug-likeness (QED) is 0.0392. The third-order valence-electron chi connectivity index (χ3n) is 17.3. The minimum absolute atomic E-state index is 0.00289. The molecule has 1 amide bonds. The van der Waals surface area contributed by atoms with Crippen molar-refractivity contribution in [2.24, 2.45) is 21.9 Å². The molecule has 2 heterocycles. The topological polar surface area (TPSA) is 308 Å². The van der Waals surface area contributed by atoms with Crippen LogP contribution in [0.3, 0.4) is 0 Å². The van der Waals surface area contributed by atoms with Crippen LogP contribution in [0.2, 0.25) is 0 Å². The van der Waals surface area contributed by atoms with E-state index in [1.807, 2.05) is 0 Å². The van der Waals surface area contributed by atoms with Gasteiger partial charge in [0.25, 0.3) is 12.3 Å². The van der Waals surface area contributed by atoms with Gasteiger partial charge in [-0.1, -0.05) is 80.6 Å². The Hall–Kier alpha value is -8.59. The number of methoxy groups -OCH3 is 1. The molecule has 10 rings (SSSR count). The smallest absolute Gasteiger partial charge is 0.338 e. The standard InChI is InChI=1S/C47H51NO14.C17H14F3N3O3S/c1-25-31(60-43(56)36(52)35(28-16-10-7-11-17-28)48-41(54)29-18-12-8-13-19-29)23-47(57)40(61-42(55)30-20-14-9-15-21-30)38-45(6,32(51)22-33-46(38,24-58-33)62-27(3)50)39(53)37(59-26(2)49)34(25)44(47,4)5;1-26-16-7-2-10(8-13(16)18)15-9-14(17(19)20)22-23(15)11-3-5-12(6-4-11)27(21,24)25/h7-21,31-33,35-38,40,51-52,57H,22-24H2,1-6H3,(H,48,54);2-9,17H,1H3,(H2,21,24,25)/t31-,32-,33+,35-,36+,37+,38-,40-,45+,46-,47+;/m0./s1. The molecule has 1 saturated heterocycles. The number of sulfonamides is 1. The number of rotatable bonds is 15. The number of hydrogen-bond acceptors (Lipinski definition) is 18. The molecular formula is C64H65F3N4O17S. The molecule has 89 heavy (non-hydrogen) atoms. The fourth-order valence-corrected chi connectivity index (χ4v) is 13.2. The molecule has 3 aliphatic carbocycles. The summed E-state index contributed by atoms with van der Waals surface area (Å²) in [5, 5.41) is 49.1. The van der Waals surface area contributed by atoms with E-state index in [0.717, 1.165) is 26.0 Å². The summed E-state index contributed by atoms with van der Waals surface area (Å²) in [4.78, 5) is 83.3. The van der Waals surface area contributed by atoms with E-state index in [9.17, 15) is 60.9 Å². The lowest BCUT2D eigenvalue weighted by Crippen LogP contribution is -2.82. The van der Waals surface area contributed by atoms with Gasteiger partial charge in [0.2, 0.25) is 10.0 Å². The number of nitrogens with zero attached hydrogens (tertiary/aromatic N) is 2. The second-order valence-corrected chi connectivity index (χ2v) is 24.5. The first-order valence-corrected chi connectivity index (χ1v) is 29.6. The molecule has 0 unspecified atom stereocenters. The number of alkyl halides is 2. The van der Waals surface area contributed by atoms with Crippen LogP contribution < -0.4 is 15.2 Å². The number of ketones is 1. The van der Waals surface area contributed by atoms with Gasteiger partial charge in [-0.25, -0.2) is 41.0 Å². The number of carbonyl (C=O) groups is 6. The highest BCUT2D eigenvalue weighted by molar-refractivity contribution is 7.89. The average molecular weight is 1250 g/mol. The Morgan fingerprint density at radius 3 is 1.98 bits per heavy atom. The zero-order valence-electron chi connectivity index (χ0n) is 49.2. The van der Waals surface area contributed by atoms with Gasteiger partial charge < -0.3 is 49.1 Å². The monoisotopic (exact) mass is 1250 g/mol. The Morgan fingerprint density at radius 1 is 0.831 bits per heavy atom. The van der Waals surface area contributed by atoms with Gasteiger partial charge in [0.15, 0.2) is 35.2 Å². The van der Waals surface area contributed by atoms with E-state index < -0.39 is 141 Å². The van der Waals surface area contributed by atoms with Crippen molar-refractivity contribution in [1.29, 1.82) is 0 Å². The molecule has 5 aromatic carbocycles. The summed E-state index contributed by atoms with van der Waals surface area (Å²) in [7, 11) is -2.59. The summed E-state index contributed by atoms with van der Waals surface area (Å²) in [5.74, 6) is -7.49. The lowest BCUT2D eigenvalue weighted by atomic mass is 9.44. The van der Waals surface area contributed by atoms with Crippen molar-refractivity contribution in [3.8, 4) is 22.7 Å². The van der Waals surface area contributed by atoms with E-state index in [0.29, 0.717) is 16.8 Å². The fraction of sp³-hybridized carbons (Fsp3) is 0.359. The number of carbonyl (C=O) groups excluding carboxylic acids is 6. The molecule has 1 aliphatic heterocycles. The van der Waals surface area contributed by atoms with Crippen molar-refractivity contribution in [2.45, 2.75) is 120 Å². The first kappa shape index (κ1) is 64.9. The number of nitrogens with one attached hydrogen (secondary N) is 1. The highest BCUT2D eigenvalue weighted by Gasteiger charge is 2.78. The van der Waals surface area contributed by atoms with E-state index in [2.05, 4.69) is 10.4 Å². The summed E-state index contributed by atoms with van der Waals surface area (Å²) in [5.41, 5.74) is -6.72. The van der Waals surface area contributed by atoms with Gasteiger partial charge in [0.05, 0.1) is 59.0 Å². The number of aliphatic hydroxyl groups is 3. The van der Waals surface area contributed by atoms with Gasteiger partial charge in [-0.3, -0.25) is 19.2 Å². The number of nitrogens with two attached hydrogens (primary N) is 1. The van der Waals surface area contributed by atoms with Crippen LogP contribution in [-0.2, 0) is 52.9 Å². The summed E-state index contributed by atoms with van der Waals surface area (Å²) >= 11 is 0. The van der Waals surface area contributed by atoms with Gasteiger partial charge in [-0.2, -0.15) is 5.10 Å². The summed E-state index contributed by atoms with van der Waals surface area (Å²) < 4.78 is 99.4. The summed E-state index contributed by atoms with van der Waals surface area (Å²) in [6.07, 6.45) is -13.3. The second-order valence-electron chi connectivity index (χ2n) is 22.9. The number of halogens is 3. The molecule has 25 heteroatoms. The van der Waals surface area contributed by atoms with Crippen molar-refractivity contribution >= 4 is 45.6 Å². The maximum Gasteiger partial charge on any atom is 0.338 e. The predicted molar refractivity (Wildman–Crippen MR) is 310 cm³/mol. The van der Waals surface area contributed by atoms with Crippen molar-refractivity contribution < 1.29 is 94.1 Å². The minimum atomic E-state index is -3.90. The van der Waals surface area contributed by atoms with Gasteiger partial charge in [0, 0.05) is 43.2 Å². The highest BCUT2D eigenvalue weighted by atomic mass is 32.2. The largest absolute Gasteiger partial charge is 0.494 e. The van der Waals surface area contributed by atoms with Gasteiger partial charge in [-0.15, -0.1) is 0 Å². The molecule has 11 atom stereocenters. The molecule has 1 aromatic heterocycles. The van der Waals surface area contributed by atoms with Crippen molar-refractivity contribution in [3.05, 3.63) is 179 Å². The molecule has 4 aliphatic rings. The van der Waals surface area contributed by atoms with E-state index in [1.54, 1.807) is 92.7 Å². The van der Waals surface area contributed by atoms with E-state index in [1.165, 1.54) is 74.2 Å². The molecule has 470 valence electrons. The first-order valence-electron chi connectivity index (χ1n) is 28.0. The number of hydrogen-bond donors (Lipinski definition) is 5. The Morgan fingerprint density at radius 2 is 1.44 bits per heavy atom. The minimum Gasteiger partial charge on any atom is -0.494 e. The third-order valence-corrected chi connectivity index (χ3v) is 18.2. The molecule has 6 aromatic rings. The first-order chi connectivity index (χ1) is 42.0. The van der Waals surface area contributed by atoms with Crippen LogP contribution in [0.5, 0.6) is 5.75 Å². The van der Waals surface area contributed by atoms with Crippen molar-refractivity contribution in [1.82, 2.24) is 15.1 Å². The molecule has 0 radical (unpaired) electrons. The van der Waals surface area contributed by atoms with Crippen LogP contribution in [-0.4, -0.2) is 131 Å². The predicted octanol–water partition coefficient (Wildman–Crippen LogP) is 7.01. The number of aromatic nitrogens is 2. The number of Topliss-reactive ketones (excluding diaryl/α,β-unsaturated/α-hetero) is 1. The Labute approximate surface area is 509 Å². The zero-order chi connectivity index (χ0) is 64.7. The summed E-state index contributed by atoms with van der Waals surface area (Å²) in [6, 6.07) is 33.3. The molecule has 2 saturated carbocycles. The molecule has 0 spiro atoms. The zero-order valence-corrected chi connectivity index (χ0v) is 50.0. The number of benzene rings is 5. The van der Waals surface area contributed by atoms with Gasteiger partial charge >= 0.3 is 23.9 Å². The third kappa shape index (κ3) is 12.2. The van der Waals surface area contributed by atoms with Crippen LogP contribution in [0.15, 0.2) is 156 Å². The Kier molecular flexibility index (Phi) is 18.3. The summed E-state index contributed by atoms with van der Waals surface area (Å²) in [6.45, 7) is 7.97. The van der Waals surface area contributed by atoms with Crippen LogP contribution in [0.1, 0.15) is 98.8 Å². The Balaban J connectivity index is 0.000000290. The fourth-order valence-electron chi connectivity index (χ4n) is 12.7. The van der Waals surface area contributed by atoms with Crippen LogP contribution in [0, 0.1) is 22.6 Å². The molecule has 2 bridgehead atoms. The normalized spacial score (nSPS) is 25.8. The van der Waals surface area contributed by atoms with E-state index in [-0.39, 0.29) is 51.6 Å². The molecule has 21 nitrogen and oxygen atoms in total. The van der Waals surface area contributed by atoms with Crippen LogP contribution >= 0.6 is 0 Å². The van der Waals surface area contributed by atoms with E-state index >= 15 is 4.79 Å². The van der Waals surface area contributed by atoms with E-state index in [4.69, 9.17) is 33.6 Å².